The fraction of sp³-hybridized carbons (Fsp3) is 0.552. The predicted octanol–water partition coefficient (Wildman–Crippen LogP) is 3.45. The summed E-state index contributed by atoms with van der Waals surface area (Å²) in [6.45, 7) is 3.73. The number of aromatic nitrogens is 2. The first-order chi connectivity index (χ1) is 18.4. The van der Waals surface area contributed by atoms with Gasteiger partial charge in [-0.15, -0.1) is 10.2 Å². The Hall–Kier alpha value is -3.49. The predicted molar refractivity (Wildman–Crippen MR) is 138 cm³/mol. The number of imide groups is 1. The van der Waals surface area contributed by atoms with Gasteiger partial charge in [0.25, 0.3) is 11.8 Å². The Balaban J connectivity index is 1.08. The molecule has 3 amide bonds. The Bertz CT molecular complexity index is 1360. The largest absolute Gasteiger partial charge is 0.424 e. The van der Waals surface area contributed by atoms with Gasteiger partial charge in [0.1, 0.15) is 0 Å². The molecule has 2 bridgehead atoms. The Kier molecular flexibility index (Phi) is 5.29. The van der Waals surface area contributed by atoms with Gasteiger partial charge in [0, 0.05) is 33.6 Å². The van der Waals surface area contributed by atoms with Crippen molar-refractivity contribution >= 4 is 23.4 Å². The third-order valence-electron chi connectivity index (χ3n) is 9.67. The number of benzene rings is 1. The number of carbonyl (C=O) groups excluding carboxylic acids is 3. The maximum Gasteiger partial charge on any atom is 0.263 e. The van der Waals surface area contributed by atoms with Gasteiger partial charge in [0.15, 0.2) is 0 Å². The van der Waals surface area contributed by atoms with Crippen molar-refractivity contribution in [3.05, 3.63) is 53.3 Å². The van der Waals surface area contributed by atoms with Gasteiger partial charge in [-0.2, -0.15) is 0 Å². The van der Waals surface area contributed by atoms with E-state index in [1.54, 1.807) is 24.9 Å². The lowest BCUT2D eigenvalue weighted by atomic mass is 9.88. The maximum atomic E-state index is 13.7. The van der Waals surface area contributed by atoms with Gasteiger partial charge < -0.3 is 14.2 Å². The quantitative estimate of drug-likeness (QED) is 0.429. The first-order valence-corrected chi connectivity index (χ1v) is 13.8. The first-order valence-electron chi connectivity index (χ1n) is 13.8. The number of fused-ring (bicyclic) bond motifs is 1. The van der Waals surface area contributed by atoms with E-state index in [1.807, 2.05) is 12.1 Å². The molecule has 38 heavy (non-hydrogen) atoms. The van der Waals surface area contributed by atoms with Crippen molar-refractivity contribution in [3.63, 3.8) is 0 Å². The monoisotopic (exact) mass is 515 g/mol. The van der Waals surface area contributed by atoms with Crippen molar-refractivity contribution < 1.29 is 18.8 Å². The van der Waals surface area contributed by atoms with Crippen LogP contribution in [0.15, 0.2) is 34.8 Å². The van der Waals surface area contributed by atoms with Gasteiger partial charge in [-0.05, 0) is 67.4 Å². The molecule has 1 aromatic heterocycles. The summed E-state index contributed by atoms with van der Waals surface area (Å²) in [5, 5.41) is 7.84. The van der Waals surface area contributed by atoms with Gasteiger partial charge >= 0.3 is 0 Å². The molecule has 2 aromatic rings. The molecular weight excluding hydrogens is 482 g/mol. The molecule has 5 aliphatic rings. The summed E-state index contributed by atoms with van der Waals surface area (Å²) in [6.07, 6.45) is 9.94. The van der Waals surface area contributed by atoms with Crippen molar-refractivity contribution in [1.29, 1.82) is 0 Å². The molecule has 2 saturated carbocycles. The molecule has 0 unspecified atom stereocenters. The minimum Gasteiger partial charge on any atom is -0.424 e. The fourth-order valence-electron chi connectivity index (χ4n) is 7.70. The van der Waals surface area contributed by atoms with E-state index in [1.165, 1.54) is 17.7 Å². The van der Waals surface area contributed by atoms with Crippen LogP contribution in [0.25, 0.3) is 0 Å². The summed E-state index contributed by atoms with van der Waals surface area (Å²) in [5.41, 5.74) is 2.19. The van der Waals surface area contributed by atoms with Gasteiger partial charge in [0.2, 0.25) is 17.7 Å². The molecule has 3 aliphatic carbocycles. The Labute approximate surface area is 221 Å². The van der Waals surface area contributed by atoms with Gasteiger partial charge in [-0.3, -0.25) is 19.3 Å². The topological polar surface area (TPSA) is 99.9 Å². The second-order valence-corrected chi connectivity index (χ2v) is 11.9. The molecule has 9 heteroatoms. The zero-order valence-corrected chi connectivity index (χ0v) is 21.9. The van der Waals surface area contributed by atoms with E-state index in [4.69, 9.17) is 4.42 Å². The van der Waals surface area contributed by atoms with Crippen molar-refractivity contribution in [2.24, 2.45) is 29.1 Å². The summed E-state index contributed by atoms with van der Waals surface area (Å²) in [4.78, 5) is 45.7. The number of amides is 3. The van der Waals surface area contributed by atoms with Crippen LogP contribution in [-0.4, -0.2) is 64.4 Å². The second kappa shape index (κ2) is 8.51. The summed E-state index contributed by atoms with van der Waals surface area (Å²) in [7, 11) is 1.75. The smallest absolute Gasteiger partial charge is 0.263 e. The molecule has 9 nitrogen and oxygen atoms in total. The van der Waals surface area contributed by atoms with Crippen LogP contribution in [0, 0.1) is 36.0 Å². The fourth-order valence-corrected chi connectivity index (χ4v) is 7.70. The molecular formula is C29H33N5O4. The third-order valence-corrected chi connectivity index (χ3v) is 9.67. The Morgan fingerprint density at radius 2 is 2.03 bits per heavy atom. The first kappa shape index (κ1) is 23.6. The van der Waals surface area contributed by atoms with Crippen LogP contribution >= 0.6 is 0 Å². The Morgan fingerprint density at radius 3 is 2.76 bits per heavy atom. The van der Waals surface area contributed by atoms with E-state index in [2.05, 4.69) is 27.2 Å². The summed E-state index contributed by atoms with van der Waals surface area (Å²) in [6, 6.07) is 5.55. The van der Waals surface area contributed by atoms with Crippen molar-refractivity contribution in [3.8, 4) is 0 Å². The standard InChI is InChI=1S/C29H33N5O4/c1-17-30-31-24(38-17)16-32(2)26(35)18-5-4-12-33(14-18)23-7-3-6-21-25(23)28(37)34(27(21)36)15-19-13-20-8-9-22(19)29(20)10-11-29/h3,6-9,18-20,22H,4-5,10-16H2,1-2H3/t18-,19+,20-,22-/m1/s1. The average molecular weight is 516 g/mol. The molecule has 0 radical (unpaired) electrons. The number of anilines is 1. The van der Waals surface area contributed by atoms with Gasteiger partial charge in [-0.1, -0.05) is 18.2 Å². The minimum atomic E-state index is -0.215. The average Bonchev–Trinajstić information content (AvgIpc) is 3.31. The summed E-state index contributed by atoms with van der Waals surface area (Å²) in [5.74, 6) is 1.79. The number of hydrogen-bond acceptors (Lipinski definition) is 7. The molecule has 1 saturated heterocycles. The molecule has 1 aromatic carbocycles. The van der Waals surface area contributed by atoms with Crippen LogP contribution in [0.5, 0.6) is 0 Å². The normalized spacial score (nSPS) is 28.5. The van der Waals surface area contributed by atoms with E-state index >= 15 is 0 Å². The van der Waals surface area contributed by atoms with E-state index in [0.717, 1.165) is 31.5 Å². The van der Waals surface area contributed by atoms with Crippen LogP contribution in [0.3, 0.4) is 0 Å². The number of allylic oxidation sites excluding steroid dienone is 2. The Morgan fingerprint density at radius 1 is 1.18 bits per heavy atom. The van der Waals surface area contributed by atoms with Crippen molar-refractivity contribution in [2.45, 2.75) is 45.6 Å². The molecule has 198 valence electrons. The highest BCUT2D eigenvalue weighted by Crippen LogP contribution is 2.70. The second-order valence-electron chi connectivity index (χ2n) is 11.9. The number of nitrogens with zero attached hydrogens (tertiary/aromatic N) is 5. The van der Waals surface area contributed by atoms with E-state index in [9.17, 15) is 14.4 Å². The zero-order valence-electron chi connectivity index (χ0n) is 21.9. The maximum absolute atomic E-state index is 13.7. The highest BCUT2D eigenvalue weighted by atomic mass is 16.4. The van der Waals surface area contributed by atoms with Crippen LogP contribution in [0.2, 0.25) is 0 Å². The molecule has 3 heterocycles. The number of rotatable bonds is 6. The lowest BCUT2D eigenvalue weighted by Crippen LogP contribution is -2.44. The number of piperidine rings is 1. The molecule has 3 fully saturated rings. The van der Waals surface area contributed by atoms with Crippen molar-refractivity contribution in [1.82, 2.24) is 20.0 Å². The number of hydrogen-bond donors (Lipinski definition) is 0. The molecule has 0 N–H and O–H groups in total. The number of carbonyl (C=O) groups is 3. The van der Waals surface area contributed by atoms with E-state index in [-0.39, 0.29) is 30.2 Å². The van der Waals surface area contributed by atoms with Gasteiger partial charge in [-0.25, -0.2) is 0 Å². The van der Waals surface area contributed by atoms with E-state index < -0.39 is 0 Å². The SMILES string of the molecule is Cc1nnc(CN(C)C(=O)[C@@H]2CCCN(c3cccc4c3C(=O)N(C[C@@H]3C[C@H]5C=C[C@H]3C53CC3)C4=O)C2)o1. The van der Waals surface area contributed by atoms with Crippen LogP contribution in [0.1, 0.15) is 64.6 Å². The zero-order chi connectivity index (χ0) is 26.2. The van der Waals surface area contributed by atoms with Crippen molar-refractivity contribution in [2.75, 3.05) is 31.6 Å². The third kappa shape index (κ3) is 3.54. The minimum absolute atomic E-state index is 0.0144. The lowest BCUT2D eigenvalue weighted by Gasteiger charge is -2.36. The lowest BCUT2D eigenvalue weighted by molar-refractivity contribution is -0.135. The summed E-state index contributed by atoms with van der Waals surface area (Å²) >= 11 is 0. The summed E-state index contributed by atoms with van der Waals surface area (Å²) < 4.78 is 5.44. The highest BCUT2D eigenvalue weighted by molar-refractivity contribution is 6.23. The highest BCUT2D eigenvalue weighted by Gasteiger charge is 2.63. The van der Waals surface area contributed by atoms with Crippen LogP contribution in [0.4, 0.5) is 5.69 Å². The van der Waals surface area contributed by atoms with E-state index in [0.29, 0.717) is 59.2 Å². The van der Waals surface area contributed by atoms with Crippen LogP contribution in [-0.2, 0) is 11.3 Å². The molecule has 2 aliphatic heterocycles. The molecule has 7 rings (SSSR count). The number of aryl methyl sites for hydroxylation is 1. The van der Waals surface area contributed by atoms with Gasteiger partial charge in [0.05, 0.1) is 29.3 Å². The molecule has 4 atom stereocenters. The van der Waals surface area contributed by atoms with Crippen LogP contribution < -0.4 is 4.90 Å². The molecule has 1 spiro atoms.